The van der Waals surface area contributed by atoms with E-state index in [0.29, 0.717) is 0 Å². The molecule has 2 aromatic carbocycles. The summed E-state index contributed by atoms with van der Waals surface area (Å²) in [6.07, 6.45) is 15.8. The normalized spacial score (nSPS) is 23.5. The first-order chi connectivity index (χ1) is 16.7. The van der Waals surface area contributed by atoms with Crippen LogP contribution in [0.15, 0.2) is 35.4 Å². The number of anilines is 2. The minimum atomic E-state index is 0.265. The van der Waals surface area contributed by atoms with Crippen LogP contribution in [0.25, 0.3) is 12.2 Å². The molecule has 0 amide bonds. The van der Waals surface area contributed by atoms with E-state index >= 15 is 0 Å². The van der Waals surface area contributed by atoms with Crippen molar-refractivity contribution in [1.29, 1.82) is 0 Å². The van der Waals surface area contributed by atoms with Gasteiger partial charge >= 0.3 is 0 Å². The molecule has 1 saturated carbocycles. The molecule has 5 aliphatic rings. The lowest BCUT2D eigenvalue weighted by molar-refractivity contribution is -0.111. The molecule has 0 unspecified atom stereocenters. The average molecular weight is 451 g/mol. The number of hydrogen-bond donors (Lipinski definition) is 0. The summed E-state index contributed by atoms with van der Waals surface area (Å²) >= 11 is 0. The van der Waals surface area contributed by atoms with E-state index in [2.05, 4.69) is 46.2 Å². The van der Waals surface area contributed by atoms with Crippen LogP contribution in [0.3, 0.4) is 0 Å². The maximum Gasteiger partial charge on any atom is 0.185 e. The molecule has 4 heterocycles. The number of benzene rings is 2. The van der Waals surface area contributed by atoms with Gasteiger partial charge in [-0.3, -0.25) is 4.79 Å². The van der Waals surface area contributed by atoms with Gasteiger partial charge in [0.05, 0.1) is 0 Å². The van der Waals surface area contributed by atoms with Gasteiger partial charge in [0, 0.05) is 48.7 Å². The molecule has 0 radical (unpaired) electrons. The Morgan fingerprint density at radius 1 is 0.529 bits per heavy atom. The summed E-state index contributed by atoms with van der Waals surface area (Å²) < 4.78 is 0. The van der Waals surface area contributed by atoms with Crippen LogP contribution < -0.4 is 9.80 Å². The molecule has 2 aromatic rings. The van der Waals surface area contributed by atoms with Crippen molar-refractivity contribution < 1.29 is 4.79 Å². The van der Waals surface area contributed by atoms with Gasteiger partial charge in [-0.2, -0.15) is 0 Å². The molecule has 0 atom stereocenters. The van der Waals surface area contributed by atoms with E-state index in [-0.39, 0.29) is 5.78 Å². The number of nitrogens with zero attached hydrogens (tertiary/aromatic N) is 2. The van der Waals surface area contributed by atoms with Crippen LogP contribution in [0.4, 0.5) is 11.4 Å². The second-order valence-electron chi connectivity index (χ2n) is 10.9. The fourth-order valence-corrected chi connectivity index (χ4v) is 7.21. The van der Waals surface area contributed by atoms with E-state index in [1.165, 1.54) is 122 Å². The first kappa shape index (κ1) is 20.6. The highest BCUT2D eigenvalue weighted by Crippen LogP contribution is 2.39. The van der Waals surface area contributed by atoms with Crippen molar-refractivity contribution in [2.75, 3.05) is 36.0 Å². The van der Waals surface area contributed by atoms with Gasteiger partial charge in [-0.15, -0.1) is 0 Å². The average Bonchev–Trinajstić information content (AvgIpc) is 3.18. The van der Waals surface area contributed by atoms with Crippen LogP contribution in [0.5, 0.6) is 0 Å². The molecule has 0 spiro atoms. The monoisotopic (exact) mass is 450 g/mol. The Hall–Kier alpha value is -2.81. The van der Waals surface area contributed by atoms with E-state index in [0.717, 1.165) is 24.0 Å². The fraction of sp³-hybridized carbons (Fsp3) is 0.452. The summed E-state index contributed by atoms with van der Waals surface area (Å²) in [6.45, 7) is 4.82. The predicted molar refractivity (Wildman–Crippen MR) is 141 cm³/mol. The summed E-state index contributed by atoms with van der Waals surface area (Å²) in [5.41, 5.74) is 13.4. The zero-order valence-electron chi connectivity index (χ0n) is 20.2. The number of allylic oxidation sites excluding steroid dienone is 2. The van der Waals surface area contributed by atoms with Gasteiger partial charge in [0.1, 0.15) is 0 Å². The van der Waals surface area contributed by atoms with E-state index in [1.54, 1.807) is 0 Å². The molecule has 0 bridgehead atoms. The molecule has 0 N–H and O–H groups in total. The van der Waals surface area contributed by atoms with Gasteiger partial charge in [0.15, 0.2) is 5.78 Å². The highest BCUT2D eigenvalue weighted by molar-refractivity contribution is 6.15. The minimum Gasteiger partial charge on any atom is -0.371 e. The van der Waals surface area contributed by atoms with Gasteiger partial charge < -0.3 is 9.80 Å². The maximum atomic E-state index is 13.4. The van der Waals surface area contributed by atoms with Gasteiger partial charge in [0.25, 0.3) is 0 Å². The molecule has 4 aliphatic heterocycles. The first-order valence-corrected chi connectivity index (χ1v) is 13.5. The van der Waals surface area contributed by atoms with Crippen LogP contribution in [-0.2, 0) is 30.5 Å². The molecule has 0 aromatic heterocycles. The van der Waals surface area contributed by atoms with Crippen LogP contribution in [0.2, 0.25) is 0 Å². The van der Waals surface area contributed by atoms with Crippen molar-refractivity contribution in [3.63, 3.8) is 0 Å². The van der Waals surface area contributed by atoms with Crippen molar-refractivity contribution in [3.05, 3.63) is 68.8 Å². The number of Topliss-reactive ketones (excluding diaryl/α,β-unsaturated/α-hetero) is 1. The number of rotatable bonds is 2. The standard InChI is InChI=1S/C31H34N2O/c34-31-27(19-21-15-23-5-1-11-32-12-2-6-24(16-21)29(23)32)9-10-28(31)20-22-17-25-7-3-13-33-14-4-8-26(18-22)30(25)33/h15-20H,1-14H2/b27-19-,28-20-. The Morgan fingerprint density at radius 2 is 0.882 bits per heavy atom. The zero-order chi connectivity index (χ0) is 22.6. The first-order valence-electron chi connectivity index (χ1n) is 13.5. The van der Waals surface area contributed by atoms with Crippen molar-refractivity contribution in [2.45, 2.75) is 64.2 Å². The molecular formula is C31H34N2O. The van der Waals surface area contributed by atoms with Gasteiger partial charge in [0.2, 0.25) is 0 Å². The summed E-state index contributed by atoms with van der Waals surface area (Å²) in [5.74, 6) is 0.265. The topological polar surface area (TPSA) is 23.6 Å². The molecular weight excluding hydrogens is 416 g/mol. The lowest BCUT2D eigenvalue weighted by atomic mass is 9.89. The van der Waals surface area contributed by atoms with E-state index in [9.17, 15) is 4.79 Å². The number of hydrogen-bond acceptors (Lipinski definition) is 3. The third-order valence-corrected chi connectivity index (χ3v) is 8.64. The Kier molecular flexibility index (Phi) is 4.93. The molecule has 174 valence electrons. The van der Waals surface area contributed by atoms with Crippen LogP contribution in [-0.4, -0.2) is 32.0 Å². The van der Waals surface area contributed by atoms with Gasteiger partial charge in [-0.1, -0.05) is 0 Å². The fourth-order valence-electron chi connectivity index (χ4n) is 7.21. The molecule has 34 heavy (non-hydrogen) atoms. The van der Waals surface area contributed by atoms with Crippen LogP contribution >= 0.6 is 0 Å². The lowest BCUT2D eigenvalue weighted by Crippen LogP contribution is -2.34. The van der Waals surface area contributed by atoms with E-state index < -0.39 is 0 Å². The lowest BCUT2D eigenvalue weighted by Gasteiger charge is -2.37. The van der Waals surface area contributed by atoms with Crippen molar-refractivity contribution >= 4 is 29.3 Å². The van der Waals surface area contributed by atoms with Crippen molar-refractivity contribution in [3.8, 4) is 0 Å². The second-order valence-corrected chi connectivity index (χ2v) is 10.9. The summed E-state index contributed by atoms with van der Waals surface area (Å²) in [7, 11) is 0. The summed E-state index contributed by atoms with van der Waals surface area (Å²) in [4.78, 5) is 18.5. The van der Waals surface area contributed by atoms with Gasteiger partial charge in [-0.05, 0) is 134 Å². The Labute approximate surface area is 203 Å². The Morgan fingerprint density at radius 3 is 1.24 bits per heavy atom. The van der Waals surface area contributed by atoms with Gasteiger partial charge in [-0.25, -0.2) is 0 Å². The summed E-state index contributed by atoms with van der Waals surface area (Å²) in [5, 5.41) is 0. The Balaban J connectivity index is 1.19. The highest BCUT2D eigenvalue weighted by Gasteiger charge is 2.27. The number of aryl methyl sites for hydroxylation is 4. The molecule has 0 saturated heterocycles. The maximum absolute atomic E-state index is 13.4. The van der Waals surface area contributed by atoms with E-state index in [4.69, 9.17) is 0 Å². The van der Waals surface area contributed by atoms with E-state index in [1.807, 2.05) is 0 Å². The number of carbonyl (C=O) groups excluding carboxylic acids is 1. The number of ketones is 1. The molecule has 3 nitrogen and oxygen atoms in total. The molecule has 7 rings (SSSR count). The van der Waals surface area contributed by atoms with Crippen molar-refractivity contribution in [1.82, 2.24) is 0 Å². The smallest absolute Gasteiger partial charge is 0.185 e. The highest BCUT2D eigenvalue weighted by atomic mass is 16.1. The SMILES string of the molecule is O=C1/C(=C\c2cc3c4c(c2)CCCN4CCC3)CC/C1=C/c1cc2c3c(c1)CCCN3CCC2. The quantitative estimate of drug-likeness (QED) is 0.531. The minimum absolute atomic E-state index is 0.265. The molecule has 1 fully saturated rings. The largest absolute Gasteiger partial charge is 0.371 e. The summed E-state index contributed by atoms with van der Waals surface area (Å²) in [6, 6.07) is 9.44. The van der Waals surface area contributed by atoms with Crippen LogP contribution in [0.1, 0.15) is 71.9 Å². The third kappa shape index (κ3) is 3.43. The van der Waals surface area contributed by atoms with Crippen LogP contribution in [0, 0.1) is 0 Å². The molecule has 3 heteroatoms. The zero-order valence-corrected chi connectivity index (χ0v) is 20.2. The molecule has 1 aliphatic carbocycles. The van der Waals surface area contributed by atoms with Crippen molar-refractivity contribution in [2.24, 2.45) is 0 Å². The predicted octanol–water partition coefficient (Wildman–Crippen LogP) is 5.91. The Bertz CT molecular complexity index is 1090. The second kappa shape index (κ2) is 8.15. The number of carbonyl (C=O) groups is 1. The third-order valence-electron chi connectivity index (χ3n) is 8.64.